The first-order valence-corrected chi connectivity index (χ1v) is 13.6. The van der Waals surface area contributed by atoms with Gasteiger partial charge in [-0.2, -0.15) is 0 Å². The van der Waals surface area contributed by atoms with Gasteiger partial charge < -0.3 is 14.5 Å². The zero-order chi connectivity index (χ0) is 23.2. The van der Waals surface area contributed by atoms with Gasteiger partial charge in [0.25, 0.3) is 0 Å². The van der Waals surface area contributed by atoms with E-state index in [9.17, 15) is 8.78 Å². The molecule has 0 aliphatic rings. The Labute approximate surface area is 187 Å². The van der Waals surface area contributed by atoms with Gasteiger partial charge in [-0.05, 0) is 60.0 Å². The van der Waals surface area contributed by atoms with E-state index < -0.39 is 15.4 Å². The van der Waals surface area contributed by atoms with E-state index in [0.717, 1.165) is 16.1 Å². The maximum atomic E-state index is 13.0. The topological polar surface area (TPSA) is 62.6 Å². The molecular formula is C22H28BF2NO3SSi. The first-order valence-electron chi connectivity index (χ1n) is 9.84. The molecule has 1 aromatic heterocycles. The highest BCUT2D eigenvalue weighted by molar-refractivity contribution is 7.10. The molecule has 9 heteroatoms. The van der Waals surface area contributed by atoms with Crippen molar-refractivity contribution in [3.05, 3.63) is 70.6 Å². The zero-order valence-electron chi connectivity index (χ0n) is 18.4. The molecule has 0 amide bonds. The van der Waals surface area contributed by atoms with Crippen molar-refractivity contribution in [2.45, 2.75) is 45.5 Å². The van der Waals surface area contributed by atoms with Crippen molar-refractivity contribution in [3.63, 3.8) is 0 Å². The molecule has 166 valence electrons. The molecule has 0 atom stereocenters. The lowest BCUT2D eigenvalue weighted by atomic mass is 9.80. The van der Waals surface area contributed by atoms with Crippen molar-refractivity contribution in [1.82, 2.24) is 4.98 Å². The van der Waals surface area contributed by atoms with Crippen molar-refractivity contribution in [2.24, 2.45) is 0 Å². The molecule has 3 rings (SSSR count). The number of aromatic nitrogens is 1. The molecule has 31 heavy (non-hydrogen) atoms. The van der Waals surface area contributed by atoms with E-state index in [0.29, 0.717) is 12.1 Å². The predicted octanol–water partition coefficient (Wildman–Crippen LogP) is 4.98. The molecule has 0 radical (unpaired) electrons. The third kappa shape index (κ3) is 7.33. The highest BCUT2D eigenvalue weighted by atomic mass is 32.1. The Morgan fingerprint density at radius 1 is 0.968 bits per heavy atom. The molecule has 0 aliphatic heterocycles. The maximum Gasteiger partial charge on any atom is 0.488 e. The van der Waals surface area contributed by atoms with Crippen LogP contribution in [0.3, 0.4) is 0 Å². The minimum atomic E-state index is -1.77. The Balaban J connectivity index is 0.000000285. The van der Waals surface area contributed by atoms with Gasteiger partial charge in [-0.3, -0.25) is 0 Å². The average Bonchev–Trinajstić information content (AvgIpc) is 3.16. The quantitative estimate of drug-likeness (QED) is 0.524. The molecule has 2 aromatic carbocycles. The Bertz CT molecular complexity index is 958. The van der Waals surface area contributed by atoms with Crippen LogP contribution in [-0.4, -0.2) is 30.5 Å². The number of rotatable bonds is 5. The summed E-state index contributed by atoms with van der Waals surface area (Å²) in [7, 11) is -3.29. The summed E-state index contributed by atoms with van der Waals surface area (Å²) < 4.78 is 31.5. The van der Waals surface area contributed by atoms with Crippen LogP contribution in [0.1, 0.15) is 25.6 Å². The second kappa shape index (κ2) is 10.6. The van der Waals surface area contributed by atoms with Crippen LogP contribution in [0, 0.1) is 11.6 Å². The third-order valence-corrected chi connectivity index (χ3v) is 10.6. The van der Waals surface area contributed by atoms with Crippen molar-refractivity contribution in [1.29, 1.82) is 0 Å². The Morgan fingerprint density at radius 3 is 1.97 bits per heavy atom. The van der Waals surface area contributed by atoms with Crippen molar-refractivity contribution in [2.75, 3.05) is 0 Å². The van der Waals surface area contributed by atoms with Crippen LogP contribution < -0.4 is 5.46 Å². The van der Waals surface area contributed by atoms with E-state index in [1.807, 2.05) is 5.51 Å². The van der Waals surface area contributed by atoms with E-state index >= 15 is 0 Å². The SMILES string of the molecule is CC(C)(C)[Si](C)(C)OCc1scnc1-c1ccc(F)cc1.OB(O)c1ccc(F)cc1. The summed E-state index contributed by atoms with van der Waals surface area (Å²) in [5.41, 5.74) is 3.95. The Hall–Kier alpha value is -1.91. The summed E-state index contributed by atoms with van der Waals surface area (Å²) in [4.78, 5) is 5.51. The molecule has 0 fully saturated rings. The van der Waals surface area contributed by atoms with Crippen molar-refractivity contribution < 1.29 is 23.3 Å². The number of hydrogen-bond acceptors (Lipinski definition) is 5. The van der Waals surface area contributed by atoms with E-state index in [1.165, 1.54) is 36.4 Å². The van der Waals surface area contributed by atoms with Gasteiger partial charge in [0.15, 0.2) is 8.32 Å². The van der Waals surface area contributed by atoms with Crippen LogP contribution in [-0.2, 0) is 11.0 Å². The van der Waals surface area contributed by atoms with Gasteiger partial charge in [0.1, 0.15) is 11.6 Å². The molecule has 0 unspecified atom stereocenters. The Kier molecular flexibility index (Phi) is 8.67. The van der Waals surface area contributed by atoms with E-state index in [2.05, 4.69) is 38.8 Å². The van der Waals surface area contributed by atoms with E-state index in [4.69, 9.17) is 14.5 Å². The molecule has 3 aromatic rings. The lowest BCUT2D eigenvalue weighted by Gasteiger charge is -2.36. The minimum Gasteiger partial charge on any atom is -0.423 e. The van der Waals surface area contributed by atoms with Crippen LogP contribution >= 0.6 is 11.3 Å². The Morgan fingerprint density at radius 2 is 1.48 bits per heavy atom. The van der Waals surface area contributed by atoms with Gasteiger partial charge in [-0.25, -0.2) is 13.8 Å². The van der Waals surface area contributed by atoms with Gasteiger partial charge in [-0.1, -0.05) is 32.9 Å². The fraction of sp³-hybridized carbons (Fsp3) is 0.318. The lowest BCUT2D eigenvalue weighted by Crippen LogP contribution is -2.40. The largest absolute Gasteiger partial charge is 0.488 e. The van der Waals surface area contributed by atoms with Crippen LogP contribution in [0.5, 0.6) is 0 Å². The zero-order valence-corrected chi connectivity index (χ0v) is 20.2. The summed E-state index contributed by atoms with van der Waals surface area (Å²) in [6, 6.07) is 11.4. The molecule has 1 heterocycles. The molecule has 2 N–H and O–H groups in total. The first kappa shape index (κ1) is 25.4. The second-order valence-electron chi connectivity index (χ2n) is 8.61. The van der Waals surface area contributed by atoms with Crippen LogP contribution in [0.4, 0.5) is 8.78 Å². The van der Waals surface area contributed by atoms with Crippen LogP contribution in [0.2, 0.25) is 18.1 Å². The fourth-order valence-corrected chi connectivity index (χ4v) is 4.05. The van der Waals surface area contributed by atoms with Gasteiger partial charge >= 0.3 is 7.12 Å². The van der Waals surface area contributed by atoms with E-state index in [-0.39, 0.29) is 16.7 Å². The fourth-order valence-electron chi connectivity index (χ4n) is 2.31. The average molecular weight is 463 g/mol. The van der Waals surface area contributed by atoms with Gasteiger partial charge in [0.05, 0.1) is 22.7 Å². The van der Waals surface area contributed by atoms with Crippen molar-refractivity contribution >= 4 is 32.2 Å². The standard InChI is InChI=1S/C16H22FNOSSi.C6H6BFO2/c1-16(2,3)21(4,5)19-10-14-15(18-11-20-14)12-6-8-13(17)9-7-12;8-6-3-1-5(2-4-6)7(9)10/h6-9,11H,10H2,1-5H3;1-4,9-10H. The number of thiazole rings is 1. The lowest BCUT2D eigenvalue weighted by molar-refractivity contribution is 0.280. The highest BCUT2D eigenvalue weighted by Crippen LogP contribution is 2.38. The summed E-state index contributed by atoms with van der Waals surface area (Å²) in [5.74, 6) is -0.613. The van der Waals surface area contributed by atoms with Crippen molar-refractivity contribution in [3.8, 4) is 11.3 Å². The molecular weight excluding hydrogens is 435 g/mol. The second-order valence-corrected chi connectivity index (χ2v) is 14.4. The smallest absolute Gasteiger partial charge is 0.423 e. The number of halogens is 2. The highest BCUT2D eigenvalue weighted by Gasteiger charge is 2.37. The molecule has 0 bridgehead atoms. The summed E-state index contributed by atoms with van der Waals surface area (Å²) >= 11 is 1.59. The summed E-state index contributed by atoms with van der Waals surface area (Å²) in [6.07, 6.45) is 0. The maximum absolute atomic E-state index is 13.0. The summed E-state index contributed by atoms with van der Waals surface area (Å²) in [5, 5.41) is 17.3. The number of benzene rings is 2. The molecule has 4 nitrogen and oxygen atoms in total. The van der Waals surface area contributed by atoms with Gasteiger partial charge in [-0.15, -0.1) is 11.3 Å². The van der Waals surface area contributed by atoms with Gasteiger partial charge in [0.2, 0.25) is 0 Å². The van der Waals surface area contributed by atoms with Gasteiger partial charge in [0, 0.05) is 5.56 Å². The monoisotopic (exact) mass is 463 g/mol. The molecule has 0 saturated carbocycles. The first-order chi connectivity index (χ1) is 14.4. The van der Waals surface area contributed by atoms with Crippen LogP contribution in [0.15, 0.2) is 54.0 Å². The predicted molar refractivity (Wildman–Crippen MR) is 126 cm³/mol. The van der Waals surface area contributed by atoms with Crippen LogP contribution in [0.25, 0.3) is 11.3 Å². The number of hydrogen-bond donors (Lipinski definition) is 2. The molecule has 0 aliphatic carbocycles. The third-order valence-electron chi connectivity index (χ3n) is 5.30. The van der Waals surface area contributed by atoms with E-state index in [1.54, 1.807) is 23.5 Å². The molecule has 0 spiro atoms. The minimum absolute atomic E-state index is 0.188. The molecule has 0 saturated heterocycles. The number of nitrogens with zero attached hydrogens (tertiary/aromatic N) is 1. The summed E-state index contributed by atoms with van der Waals surface area (Å²) in [6.45, 7) is 11.7. The normalized spacial score (nSPS) is 11.6.